The molecule has 0 amide bonds. The van der Waals surface area contributed by atoms with Gasteiger partial charge in [-0.25, -0.2) is 9.97 Å². The number of imidazole rings is 1. The summed E-state index contributed by atoms with van der Waals surface area (Å²) in [6.07, 6.45) is 2.14. The van der Waals surface area contributed by atoms with E-state index in [1.54, 1.807) is 29.1 Å². The molecule has 168 valence electrons. The molecular formula is C24H19ClN8O. The van der Waals surface area contributed by atoms with Crippen molar-refractivity contribution in [2.75, 3.05) is 17.2 Å². The van der Waals surface area contributed by atoms with Crippen LogP contribution >= 0.6 is 11.6 Å². The number of nitrogen functional groups attached to an aromatic ring is 1. The van der Waals surface area contributed by atoms with E-state index in [1.807, 2.05) is 35.2 Å². The van der Waals surface area contributed by atoms with E-state index in [0.29, 0.717) is 57.4 Å². The first kappa shape index (κ1) is 20.4. The summed E-state index contributed by atoms with van der Waals surface area (Å²) in [5.74, 6) is 1.27. The molecule has 34 heavy (non-hydrogen) atoms. The topological polar surface area (TPSA) is 119 Å². The van der Waals surface area contributed by atoms with Crippen LogP contribution in [0.15, 0.2) is 71.8 Å². The molecule has 0 bridgehead atoms. The Hall–Kier alpha value is -4.24. The second-order valence-corrected chi connectivity index (χ2v) is 8.59. The summed E-state index contributed by atoms with van der Waals surface area (Å²) in [5.41, 5.74) is 9.10. The molecule has 1 aliphatic rings. The van der Waals surface area contributed by atoms with Crippen LogP contribution in [0.3, 0.4) is 0 Å². The van der Waals surface area contributed by atoms with Crippen LogP contribution in [0.2, 0.25) is 5.02 Å². The number of H-pyrrole nitrogens is 1. The first-order chi connectivity index (χ1) is 16.5. The molecule has 0 radical (unpaired) electrons. The Morgan fingerprint density at radius 3 is 2.74 bits per heavy atom. The van der Waals surface area contributed by atoms with Gasteiger partial charge in [-0.3, -0.25) is 9.36 Å². The van der Waals surface area contributed by atoms with Gasteiger partial charge in [-0.2, -0.15) is 9.97 Å². The number of nitrogens with two attached hydrogens (primary N) is 1. The Morgan fingerprint density at radius 1 is 1.09 bits per heavy atom. The maximum atomic E-state index is 13.8. The molecule has 0 saturated carbocycles. The molecule has 4 heterocycles. The number of hydrogen-bond donors (Lipinski definition) is 2. The Labute approximate surface area is 198 Å². The smallest absolute Gasteiger partial charge is 0.267 e. The van der Waals surface area contributed by atoms with E-state index in [1.165, 1.54) is 0 Å². The SMILES string of the molecule is C=C1C[C@@H](c2nc3cccc(Cl)c3c(=O)n2-c2ccccc2)N(c2nc(N)nc3nc[nH]c23)C1. The van der Waals surface area contributed by atoms with Gasteiger partial charge in [0.15, 0.2) is 11.5 Å². The summed E-state index contributed by atoms with van der Waals surface area (Å²) in [7, 11) is 0. The summed E-state index contributed by atoms with van der Waals surface area (Å²) >= 11 is 6.43. The molecule has 0 unspecified atom stereocenters. The van der Waals surface area contributed by atoms with E-state index in [0.717, 1.165) is 5.57 Å². The molecule has 1 saturated heterocycles. The Kier molecular flexibility index (Phi) is 4.59. The van der Waals surface area contributed by atoms with Crippen LogP contribution in [-0.2, 0) is 0 Å². The minimum absolute atomic E-state index is 0.115. The second-order valence-electron chi connectivity index (χ2n) is 8.18. The monoisotopic (exact) mass is 470 g/mol. The number of para-hydroxylation sites is 1. The zero-order valence-electron chi connectivity index (χ0n) is 17.9. The second kappa shape index (κ2) is 7.67. The van der Waals surface area contributed by atoms with E-state index < -0.39 is 0 Å². The van der Waals surface area contributed by atoms with Crippen LogP contribution < -0.4 is 16.2 Å². The zero-order valence-corrected chi connectivity index (χ0v) is 18.7. The molecular weight excluding hydrogens is 452 g/mol. The highest BCUT2D eigenvalue weighted by molar-refractivity contribution is 6.35. The molecule has 2 aromatic carbocycles. The van der Waals surface area contributed by atoms with Crippen LogP contribution in [0.5, 0.6) is 0 Å². The van der Waals surface area contributed by atoms with Crippen molar-refractivity contribution in [3.63, 3.8) is 0 Å². The number of aromatic amines is 1. The minimum Gasteiger partial charge on any atom is -0.368 e. The molecule has 9 nitrogen and oxygen atoms in total. The Bertz CT molecular complexity index is 1640. The molecule has 5 aromatic rings. The number of hydrogen-bond acceptors (Lipinski definition) is 7. The number of fused-ring (bicyclic) bond motifs is 2. The number of aromatic nitrogens is 6. The molecule has 3 aromatic heterocycles. The van der Waals surface area contributed by atoms with Crippen molar-refractivity contribution in [3.05, 3.63) is 88.2 Å². The number of benzene rings is 2. The van der Waals surface area contributed by atoms with E-state index in [9.17, 15) is 4.79 Å². The van der Waals surface area contributed by atoms with Gasteiger partial charge < -0.3 is 15.6 Å². The lowest BCUT2D eigenvalue weighted by Gasteiger charge is -2.27. The van der Waals surface area contributed by atoms with Gasteiger partial charge in [-0.15, -0.1) is 0 Å². The highest BCUT2D eigenvalue weighted by atomic mass is 35.5. The summed E-state index contributed by atoms with van der Waals surface area (Å²) in [5, 5.41) is 0.740. The molecule has 0 aliphatic carbocycles. The van der Waals surface area contributed by atoms with Gasteiger partial charge in [-0.05, 0) is 30.7 Å². The number of nitrogens with zero attached hydrogens (tertiary/aromatic N) is 6. The predicted octanol–water partition coefficient (Wildman–Crippen LogP) is 3.80. The van der Waals surface area contributed by atoms with E-state index >= 15 is 0 Å². The van der Waals surface area contributed by atoms with Gasteiger partial charge in [0.1, 0.15) is 11.3 Å². The van der Waals surface area contributed by atoms with Crippen LogP contribution in [0.1, 0.15) is 18.3 Å². The molecule has 1 fully saturated rings. The number of nitrogens with one attached hydrogen (secondary N) is 1. The average Bonchev–Trinajstić information content (AvgIpc) is 3.45. The van der Waals surface area contributed by atoms with Gasteiger partial charge in [0.25, 0.3) is 5.56 Å². The van der Waals surface area contributed by atoms with Crippen molar-refractivity contribution in [1.82, 2.24) is 29.5 Å². The highest BCUT2D eigenvalue weighted by Crippen LogP contribution is 2.39. The lowest BCUT2D eigenvalue weighted by atomic mass is 10.1. The van der Waals surface area contributed by atoms with Gasteiger partial charge in [0.05, 0.1) is 34.0 Å². The van der Waals surface area contributed by atoms with Gasteiger partial charge in [-0.1, -0.05) is 48.0 Å². The summed E-state index contributed by atoms with van der Waals surface area (Å²) in [6.45, 7) is 4.74. The van der Waals surface area contributed by atoms with Gasteiger partial charge in [0, 0.05) is 6.54 Å². The van der Waals surface area contributed by atoms with Gasteiger partial charge >= 0.3 is 0 Å². The maximum Gasteiger partial charge on any atom is 0.267 e. The molecule has 6 rings (SSSR count). The third kappa shape index (κ3) is 3.12. The fraction of sp³-hybridized carbons (Fsp3) is 0.125. The van der Waals surface area contributed by atoms with Crippen molar-refractivity contribution in [2.24, 2.45) is 0 Å². The molecule has 1 atom stereocenters. The van der Waals surface area contributed by atoms with E-state index in [4.69, 9.17) is 22.3 Å². The van der Waals surface area contributed by atoms with Crippen LogP contribution in [0.4, 0.5) is 11.8 Å². The molecule has 0 spiro atoms. The van der Waals surface area contributed by atoms with Gasteiger partial charge in [0.2, 0.25) is 5.95 Å². The predicted molar refractivity (Wildman–Crippen MR) is 132 cm³/mol. The summed E-state index contributed by atoms with van der Waals surface area (Å²) in [4.78, 5) is 36.9. The molecule has 10 heteroatoms. The molecule has 3 N–H and O–H groups in total. The third-order valence-electron chi connectivity index (χ3n) is 5.99. The minimum atomic E-state index is -0.329. The standard InChI is InChI=1S/C24H19ClN8O/c1-13-10-17(32(11-13)22-19-20(28-12-27-19)30-24(26)31-22)21-29-16-9-5-8-15(25)18(16)23(34)33(21)14-6-3-2-4-7-14/h2-9,12,17H,1,10-11H2,(H3,26,27,28,30,31)/t17-/m0/s1. The molecule has 1 aliphatic heterocycles. The lowest BCUT2D eigenvalue weighted by Crippen LogP contribution is -2.32. The largest absolute Gasteiger partial charge is 0.368 e. The summed E-state index contributed by atoms with van der Waals surface area (Å²) < 4.78 is 1.62. The van der Waals surface area contributed by atoms with Crippen molar-refractivity contribution in [3.8, 4) is 5.69 Å². The van der Waals surface area contributed by atoms with Crippen LogP contribution in [-0.4, -0.2) is 36.0 Å². The summed E-state index contributed by atoms with van der Waals surface area (Å²) in [6, 6.07) is 14.4. The normalized spacial score (nSPS) is 16.1. The van der Waals surface area contributed by atoms with Crippen molar-refractivity contribution in [1.29, 1.82) is 0 Å². The van der Waals surface area contributed by atoms with Crippen LogP contribution in [0, 0.1) is 0 Å². The van der Waals surface area contributed by atoms with Crippen molar-refractivity contribution < 1.29 is 0 Å². The number of halogens is 1. The van der Waals surface area contributed by atoms with Crippen molar-refractivity contribution >= 4 is 45.4 Å². The first-order valence-electron chi connectivity index (χ1n) is 10.7. The highest BCUT2D eigenvalue weighted by Gasteiger charge is 2.35. The Morgan fingerprint density at radius 2 is 1.91 bits per heavy atom. The fourth-order valence-electron chi connectivity index (χ4n) is 4.55. The lowest BCUT2D eigenvalue weighted by molar-refractivity contribution is 0.643. The fourth-order valence-corrected chi connectivity index (χ4v) is 4.80. The zero-order chi connectivity index (χ0) is 23.4. The van der Waals surface area contributed by atoms with Crippen molar-refractivity contribution in [2.45, 2.75) is 12.5 Å². The first-order valence-corrected chi connectivity index (χ1v) is 11.1. The quantitative estimate of drug-likeness (QED) is 0.385. The Balaban J connectivity index is 1.64. The number of rotatable bonds is 3. The third-order valence-corrected chi connectivity index (χ3v) is 6.31. The van der Waals surface area contributed by atoms with E-state index in [-0.39, 0.29) is 17.5 Å². The van der Waals surface area contributed by atoms with Crippen LogP contribution in [0.25, 0.3) is 27.8 Å². The average molecular weight is 471 g/mol. The van der Waals surface area contributed by atoms with E-state index in [2.05, 4.69) is 26.5 Å². The maximum absolute atomic E-state index is 13.8. The number of anilines is 2.